The first kappa shape index (κ1) is 18.9. The van der Waals surface area contributed by atoms with Gasteiger partial charge in [-0.15, -0.1) is 13.2 Å². The molecule has 0 fully saturated rings. The Morgan fingerprint density at radius 1 is 1.14 bits per heavy atom. The van der Waals surface area contributed by atoms with Gasteiger partial charge in [0.2, 0.25) is 0 Å². The van der Waals surface area contributed by atoms with Gasteiger partial charge in [-0.2, -0.15) is 0 Å². The summed E-state index contributed by atoms with van der Waals surface area (Å²) in [6.07, 6.45) is 3.48. The van der Waals surface area contributed by atoms with Crippen molar-refractivity contribution in [2.45, 2.75) is 26.3 Å². The van der Waals surface area contributed by atoms with Crippen LogP contribution in [0.5, 0.6) is 0 Å². The maximum atomic E-state index is 11.7. The Hall–Kier alpha value is -2.06. The van der Waals surface area contributed by atoms with Gasteiger partial charge in [-0.25, -0.2) is 4.79 Å². The van der Waals surface area contributed by atoms with E-state index in [2.05, 4.69) is 25.0 Å². The summed E-state index contributed by atoms with van der Waals surface area (Å²) < 4.78 is 9.69. The molecule has 1 atom stereocenters. The maximum absolute atomic E-state index is 11.7. The van der Waals surface area contributed by atoms with Gasteiger partial charge < -0.3 is 9.47 Å². The third kappa shape index (κ3) is 8.66. The van der Waals surface area contributed by atoms with E-state index in [9.17, 15) is 9.59 Å². The fraction of sp³-hybridized carbons (Fsp3) is 0.500. The van der Waals surface area contributed by atoms with Crippen LogP contribution in [-0.4, -0.2) is 49.2 Å². The third-order valence-electron chi connectivity index (χ3n) is 2.45. The standard InChI is InChI=1S/C16H23NO4/c1-5-11-17(12-6-2)14(13-16(19)21-8-4)9-10-15(18)20-7-3/h5-6,14H,1-2,7-8,11-13H2,3-4H3. The molecule has 0 aromatic heterocycles. The quantitative estimate of drug-likeness (QED) is 0.279. The number of esters is 2. The highest BCUT2D eigenvalue weighted by Gasteiger charge is 2.19. The molecule has 0 radical (unpaired) electrons. The molecular formula is C16H23NO4. The summed E-state index contributed by atoms with van der Waals surface area (Å²) >= 11 is 0. The largest absolute Gasteiger partial charge is 0.466 e. The van der Waals surface area contributed by atoms with Crippen LogP contribution in [0.25, 0.3) is 0 Å². The van der Waals surface area contributed by atoms with E-state index in [1.807, 2.05) is 4.90 Å². The topological polar surface area (TPSA) is 55.8 Å². The first-order valence-corrected chi connectivity index (χ1v) is 6.88. The van der Waals surface area contributed by atoms with E-state index in [0.29, 0.717) is 19.7 Å². The summed E-state index contributed by atoms with van der Waals surface area (Å²) in [4.78, 5) is 24.9. The minimum atomic E-state index is -0.608. The monoisotopic (exact) mass is 293 g/mol. The molecule has 116 valence electrons. The lowest BCUT2D eigenvalue weighted by atomic mass is 10.1. The lowest BCUT2D eigenvalue weighted by molar-refractivity contribution is -0.144. The summed E-state index contributed by atoms with van der Waals surface area (Å²) in [6.45, 7) is 12.4. The van der Waals surface area contributed by atoms with Crippen LogP contribution < -0.4 is 0 Å². The molecule has 21 heavy (non-hydrogen) atoms. The number of hydrogen-bond acceptors (Lipinski definition) is 5. The summed E-state index contributed by atoms with van der Waals surface area (Å²) in [5.41, 5.74) is 0. The summed E-state index contributed by atoms with van der Waals surface area (Å²) in [5.74, 6) is 4.20. The highest BCUT2D eigenvalue weighted by atomic mass is 16.5. The molecule has 0 aromatic carbocycles. The lowest BCUT2D eigenvalue weighted by Gasteiger charge is -2.25. The molecule has 5 heteroatoms. The van der Waals surface area contributed by atoms with E-state index in [1.54, 1.807) is 26.0 Å². The maximum Gasteiger partial charge on any atom is 0.384 e. The average Bonchev–Trinajstić information content (AvgIpc) is 2.44. The van der Waals surface area contributed by atoms with Gasteiger partial charge in [0.25, 0.3) is 0 Å². The van der Waals surface area contributed by atoms with Crippen molar-refractivity contribution in [3.8, 4) is 11.8 Å². The molecule has 0 aliphatic heterocycles. The number of rotatable bonds is 9. The highest BCUT2D eigenvalue weighted by Crippen LogP contribution is 2.06. The first-order chi connectivity index (χ1) is 10.1. The van der Waals surface area contributed by atoms with Crippen LogP contribution in [-0.2, 0) is 19.1 Å². The molecule has 0 aliphatic rings. The Balaban J connectivity index is 5.03. The van der Waals surface area contributed by atoms with Crippen molar-refractivity contribution in [1.29, 1.82) is 0 Å². The van der Waals surface area contributed by atoms with Crippen LogP contribution in [0.4, 0.5) is 0 Å². The van der Waals surface area contributed by atoms with E-state index >= 15 is 0 Å². The van der Waals surface area contributed by atoms with Crippen LogP contribution in [0.15, 0.2) is 25.3 Å². The van der Waals surface area contributed by atoms with Crippen molar-refractivity contribution in [3.63, 3.8) is 0 Å². The normalized spacial score (nSPS) is 11.0. The van der Waals surface area contributed by atoms with Gasteiger partial charge in [-0.1, -0.05) is 18.1 Å². The Labute approximate surface area is 126 Å². The zero-order chi connectivity index (χ0) is 16.1. The van der Waals surface area contributed by atoms with Gasteiger partial charge >= 0.3 is 11.9 Å². The summed E-state index contributed by atoms with van der Waals surface area (Å²) in [7, 11) is 0. The van der Waals surface area contributed by atoms with Crippen molar-refractivity contribution in [2.24, 2.45) is 0 Å². The van der Waals surface area contributed by atoms with Gasteiger partial charge in [-0.05, 0) is 13.8 Å². The Morgan fingerprint density at radius 2 is 1.71 bits per heavy atom. The summed E-state index contributed by atoms with van der Waals surface area (Å²) in [6, 6.07) is -0.454. The molecule has 0 saturated carbocycles. The molecule has 0 aliphatic carbocycles. The van der Waals surface area contributed by atoms with Gasteiger partial charge in [0, 0.05) is 19.0 Å². The fourth-order valence-corrected chi connectivity index (χ4v) is 1.62. The molecule has 0 bridgehead atoms. The minimum absolute atomic E-state index is 0.0714. The van der Waals surface area contributed by atoms with Crippen molar-refractivity contribution in [2.75, 3.05) is 26.3 Å². The van der Waals surface area contributed by atoms with E-state index in [1.165, 1.54) is 0 Å². The van der Waals surface area contributed by atoms with Crippen molar-refractivity contribution < 1.29 is 19.1 Å². The van der Waals surface area contributed by atoms with Crippen LogP contribution in [0, 0.1) is 11.8 Å². The zero-order valence-electron chi connectivity index (χ0n) is 12.8. The van der Waals surface area contributed by atoms with Gasteiger partial charge in [-0.3, -0.25) is 9.69 Å². The number of carbonyl (C=O) groups excluding carboxylic acids is 2. The van der Waals surface area contributed by atoms with Gasteiger partial charge in [0.05, 0.1) is 25.7 Å². The van der Waals surface area contributed by atoms with Crippen molar-refractivity contribution >= 4 is 11.9 Å². The number of carbonyl (C=O) groups is 2. The predicted molar refractivity (Wildman–Crippen MR) is 81.4 cm³/mol. The van der Waals surface area contributed by atoms with E-state index in [0.717, 1.165) is 0 Å². The minimum Gasteiger partial charge on any atom is -0.466 e. The molecule has 0 N–H and O–H groups in total. The average molecular weight is 293 g/mol. The lowest BCUT2D eigenvalue weighted by Crippen LogP contribution is -2.36. The first-order valence-electron chi connectivity index (χ1n) is 6.88. The van der Waals surface area contributed by atoms with Crippen LogP contribution in [0.3, 0.4) is 0 Å². The Kier molecular flexibility index (Phi) is 10.6. The van der Waals surface area contributed by atoms with Crippen molar-refractivity contribution in [3.05, 3.63) is 25.3 Å². The molecule has 0 heterocycles. The van der Waals surface area contributed by atoms with Gasteiger partial charge in [0.1, 0.15) is 0 Å². The smallest absolute Gasteiger partial charge is 0.384 e. The Morgan fingerprint density at radius 3 is 2.19 bits per heavy atom. The molecule has 0 spiro atoms. The molecule has 5 nitrogen and oxygen atoms in total. The van der Waals surface area contributed by atoms with Crippen LogP contribution in [0.1, 0.15) is 20.3 Å². The second-order valence-corrected chi connectivity index (χ2v) is 4.05. The van der Waals surface area contributed by atoms with Crippen LogP contribution in [0.2, 0.25) is 0 Å². The predicted octanol–water partition coefficient (Wildman–Crippen LogP) is 1.55. The number of hydrogen-bond donors (Lipinski definition) is 0. The molecule has 0 rings (SSSR count). The van der Waals surface area contributed by atoms with Gasteiger partial charge in [0.15, 0.2) is 0 Å². The molecule has 0 amide bonds. The molecule has 1 unspecified atom stereocenters. The molecule has 0 aromatic rings. The van der Waals surface area contributed by atoms with E-state index < -0.39 is 12.0 Å². The molecular weight excluding hydrogens is 270 g/mol. The molecule has 0 saturated heterocycles. The van der Waals surface area contributed by atoms with E-state index in [-0.39, 0.29) is 19.0 Å². The fourth-order valence-electron chi connectivity index (χ4n) is 1.62. The Bertz CT molecular complexity index is 410. The highest BCUT2D eigenvalue weighted by molar-refractivity contribution is 5.88. The SMILES string of the molecule is C=CCN(CC=C)C(C#CC(=O)OCC)CC(=O)OCC. The third-order valence-corrected chi connectivity index (χ3v) is 2.45. The number of ether oxygens (including phenoxy) is 2. The van der Waals surface area contributed by atoms with E-state index in [4.69, 9.17) is 9.47 Å². The second-order valence-electron chi connectivity index (χ2n) is 4.05. The number of nitrogens with zero attached hydrogens (tertiary/aromatic N) is 1. The van der Waals surface area contributed by atoms with Crippen molar-refractivity contribution in [1.82, 2.24) is 4.90 Å². The second kappa shape index (κ2) is 11.7. The van der Waals surface area contributed by atoms with Crippen LogP contribution >= 0.6 is 0 Å². The zero-order valence-corrected chi connectivity index (χ0v) is 12.8. The summed E-state index contributed by atoms with van der Waals surface area (Å²) in [5, 5.41) is 0.